The van der Waals surface area contributed by atoms with E-state index in [9.17, 15) is 13.6 Å². The lowest BCUT2D eigenvalue weighted by atomic mass is 10.2. The normalized spacial score (nSPS) is 17.8. The minimum atomic E-state index is -0.335. The average Bonchev–Trinajstić information content (AvgIpc) is 2.91. The summed E-state index contributed by atoms with van der Waals surface area (Å²) in [5.74, 6) is -0.953. The Morgan fingerprint density at radius 1 is 0.917 bits per heavy atom. The molecule has 0 aliphatic carbocycles. The van der Waals surface area contributed by atoms with Crippen molar-refractivity contribution in [1.82, 2.24) is 5.32 Å². The molecule has 1 heterocycles. The third-order valence-electron chi connectivity index (χ3n) is 3.04. The fraction of sp³-hybridized carbons (Fsp3) is 0. The maximum atomic E-state index is 12.9. The number of carbonyl (C=O) groups excluding carboxylic acids is 1. The Morgan fingerprint density at radius 2 is 1.50 bits per heavy atom. The molecule has 0 aromatic heterocycles. The van der Waals surface area contributed by atoms with Crippen LogP contribution in [-0.4, -0.2) is 17.3 Å². The van der Waals surface area contributed by atoms with Gasteiger partial charge in [0.2, 0.25) is 0 Å². The van der Waals surface area contributed by atoms with E-state index in [2.05, 4.69) is 15.5 Å². The Hall–Kier alpha value is -2.80. The van der Waals surface area contributed by atoms with Crippen LogP contribution in [0.4, 0.5) is 8.78 Å². The van der Waals surface area contributed by atoms with Crippen molar-refractivity contribution < 1.29 is 13.6 Å². The molecule has 24 heavy (non-hydrogen) atoms. The number of rotatable bonds is 3. The van der Waals surface area contributed by atoms with E-state index in [0.29, 0.717) is 21.2 Å². The smallest absolute Gasteiger partial charge is 0.264 e. The second-order valence-electron chi connectivity index (χ2n) is 4.82. The summed E-state index contributed by atoms with van der Waals surface area (Å²) in [6.07, 6.45) is 3.10. The van der Waals surface area contributed by atoms with Gasteiger partial charge in [-0.2, -0.15) is 5.10 Å². The predicted molar refractivity (Wildman–Crippen MR) is 91.5 cm³/mol. The first-order chi connectivity index (χ1) is 11.6. The lowest BCUT2D eigenvalue weighted by Crippen LogP contribution is -2.19. The standard InChI is InChI=1S/C17H11F2N3OS/c18-13-5-1-11(2-6-13)9-15-16(23)21-17(24-15)22-20-10-12-3-7-14(19)8-4-12/h1-10H,(H,21,22,23). The highest BCUT2D eigenvalue weighted by Gasteiger charge is 2.23. The van der Waals surface area contributed by atoms with E-state index >= 15 is 0 Å². The molecule has 0 bridgehead atoms. The van der Waals surface area contributed by atoms with Crippen LogP contribution in [0, 0.1) is 11.6 Å². The quantitative estimate of drug-likeness (QED) is 0.526. The van der Waals surface area contributed by atoms with Gasteiger partial charge >= 0.3 is 0 Å². The molecular formula is C17H11F2N3OS. The van der Waals surface area contributed by atoms with Crippen molar-refractivity contribution in [3.8, 4) is 0 Å². The number of halogens is 2. The molecule has 1 N–H and O–H groups in total. The monoisotopic (exact) mass is 343 g/mol. The summed E-state index contributed by atoms with van der Waals surface area (Å²) >= 11 is 1.14. The first-order valence-corrected chi connectivity index (χ1v) is 7.75. The van der Waals surface area contributed by atoms with Gasteiger partial charge in [-0.3, -0.25) is 10.1 Å². The van der Waals surface area contributed by atoms with Gasteiger partial charge in [-0.1, -0.05) is 24.3 Å². The number of hydrogen-bond donors (Lipinski definition) is 1. The van der Waals surface area contributed by atoms with Crippen LogP contribution in [0.25, 0.3) is 6.08 Å². The summed E-state index contributed by atoms with van der Waals surface area (Å²) in [4.78, 5) is 12.3. The molecule has 1 aliphatic heterocycles. The molecule has 2 aromatic rings. The number of benzene rings is 2. The third-order valence-corrected chi connectivity index (χ3v) is 3.94. The molecule has 0 radical (unpaired) electrons. The summed E-state index contributed by atoms with van der Waals surface area (Å²) in [6.45, 7) is 0. The van der Waals surface area contributed by atoms with Crippen LogP contribution in [0.5, 0.6) is 0 Å². The molecule has 0 saturated carbocycles. The first kappa shape index (κ1) is 16.1. The van der Waals surface area contributed by atoms with Crippen molar-refractivity contribution in [3.63, 3.8) is 0 Å². The van der Waals surface area contributed by atoms with Gasteiger partial charge in [0, 0.05) is 0 Å². The van der Waals surface area contributed by atoms with E-state index in [1.54, 1.807) is 30.3 Å². The molecule has 7 heteroatoms. The van der Waals surface area contributed by atoms with E-state index in [1.165, 1.54) is 30.5 Å². The summed E-state index contributed by atoms with van der Waals surface area (Å²) in [5.41, 5.74) is 1.40. The Bertz CT molecular complexity index is 843. The van der Waals surface area contributed by atoms with Gasteiger partial charge in [0.1, 0.15) is 11.6 Å². The highest BCUT2D eigenvalue weighted by atomic mass is 32.2. The first-order valence-electron chi connectivity index (χ1n) is 6.93. The SMILES string of the molecule is O=C1N/C(=N\N=Cc2ccc(F)cc2)SC1=Cc1ccc(F)cc1. The highest BCUT2D eigenvalue weighted by Crippen LogP contribution is 2.26. The maximum Gasteiger partial charge on any atom is 0.264 e. The van der Waals surface area contributed by atoms with Gasteiger partial charge in [-0.05, 0) is 53.2 Å². The number of amidine groups is 1. The summed E-state index contributed by atoms with van der Waals surface area (Å²) in [5, 5.41) is 10.7. The molecule has 1 fully saturated rings. The zero-order valence-electron chi connectivity index (χ0n) is 12.2. The molecule has 1 saturated heterocycles. The van der Waals surface area contributed by atoms with Gasteiger partial charge in [0.05, 0.1) is 11.1 Å². The molecule has 3 rings (SSSR count). The molecule has 0 spiro atoms. The second kappa shape index (κ2) is 7.18. The van der Waals surface area contributed by atoms with Crippen LogP contribution in [0.3, 0.4) is 0 Å². The third kappa shape index (κ3) is 4.14. The van der Waals surface area contributed by atoms with Crippen molar-refractivity contribution in [1.29, 1.82) is 0 Å². The number of nitrogens with one attached hydrogen (secondary N) is 1. The van der Waals surface area contributed by atoms with Crippen molar-refractivity contribution in [3.05, 3.63) is 76.2 Å². The number of thioether (sulfide) groups is 1. The molecule has 1 aliphatic rings. The molecule has 120 valence electrons. The summed E-state index contributed by atoms with van der Waals surface area (Å²) in [6, 6.07) is 11.6. The van der Waals surface area contributed by atoms with Gasteiger partial charge in [-0.15, -0.1) is 5.10 Å². The topological polar surface area (TPSA) is 53.8 Å². The molecule has 2 aromatic carbocycles. The van der Waals surface area contributed by atoms with Gasteiger partial charge in [-0.25, -0.2) is 8.78 Å². The summed E-state index contributed by atoms with van der Waals surface area (Å²) < 4.78 is 25.7. The van der Waals surface area contributed by atoms with Gasteiger partial charge in [0.15, 0.2) is 5.17 Å². The van der Waals surface area contributed by atoms with Crippen molar-refractivity contribution in [2.75, 3.05) is 0 Å². The van der Waals surface area contributed by atoms with Gasteiger partial charge in [0.25, 0.3) is 5.91 Å². The Balaban J connectivity index is 1.69. The van der Waals surface area contributed by atoms with E-state index < -0.39 is 0 Å². The van der Waals surface area contributed by atoms with Crippen LogP contribution < -0.4 is 5.32 Å². The Morgan fingerprint density at radius 3 is 2.12 bits per heavy atom. The number of nitrogens with zero attached hydrogens (tertiary/aromatic N) is 2. The molecule has 1 amide bonds. The summed E-state index contributed by atoms with van der Waals surface area (Å²) in [7, 11) is 0. The fourth-order valence-corrected chi connectivity index (χ4v) is 2.66. The maximum absolute atomic E-state index is 12.9. The lowest BCUT2D eigenvalue weighted by Gasteiger charge is -1.94. The second-order valence-corrected chi connectivity index (χ2v) is 5.85. The van der Waals surface area contributed by atoms with Crippen LogP contribution in [0.1, 0.15) is 11.1 Å². The predicted octanol–water partition coefficient (Wildman–Crippen LogP) is 3.56. The molecule has 0 atom stereocenters. The molecule has 4 nitrogen and oxygen atoms in total. The zero-order valence-corrected chi connectivity index (χ0v) is 13.1. The van der Waals surface area contributed by atoms with E-state index in [1.807, 2.05) is 0 Å². The van der Waals surface area contributed by atoms with Crippen LogP contribution in [0.15, 0.2) is 63.6 Å². The number of amides is 1. The number of hydrogen-bond acceptors (Lipinski definition) is 4. The van der Waals surface area contributed by atoms with Gasteiger partial charge < -0.3 is 0 Å². The van der Waals surface area contributed by atoms with Crippen LogP contribution in [-0.2, 0) is 4.79 Å². The van der Waals surface area contributed by atoms with E-state index in [0.717, 1.165) is 11.8 Å². The van der Waals surface area contributed by atoms with E-state index in [-0.39, 0.29) is 17.5 Å². The highest BCUT2D eigenvalue weighted by molar-refractivity contribution is 8.18. The van der Waals surface area contributed by atoms with Crippen LogP contribution in [0.2, 0.25) is 0 Å². The zero-order chi connectivity index (χ0) is 16.9. The van der Waals surface area contributed by atoms with Crippen molar-refractivity contribution in [2.45, 2.75) is 0 Å². The minimum absolute atomic E-state index is 0.292. The largest absolute Gasteiger partial charge is 0.299 e. The van der Waals surface area contributed by atoms with Crippen LogP contribution >= 0.6 is 11.8 Å². The molecular weight excluding hydrogens is 332 g/mol. The number of carbonyl (C=O) groups is 1. The lowest BCUT2D eigenvalue weighted by molar-refractivity contribution is -0.115. The Labute approximate surface area is 141 Å². The fourth-order valence-electron chi connectivity index (χ4n) is 1.88. The van der Waals surface area contributed by atoms with Crippen molar-refractivity contribution >= 4 is 35.1 Å². The van der Waals surface area contributed by atoms with E-state index in [4.69, 9.17) is 0 Å². The average molecular weight is 343 g/mol. The van der Waals surface area contributed by atoms with Crippen molar-refractivity contribution in [2.24, 2.45) is 10.2 Å². The molecule has 0 unspecified atom stereocenters. The minimum Gasteiger partial charge on any atom is -0.299 e. The Kier molecular flexibility index (Phi) is 4.81.